The van der Waals surface area contributed by atoms with Gasteiger partial charge in [0.2, 0.25) is 5.91 Å². The third kappa shape index (κ3) is 5.22. The fourth-order valence-corrected chi connectivity index (χ4v) is 4.85. The minimum absolute atomic E-state index is 0.146. The van der Waals surface area contributed by atoms with Gasteiger partial charge in [-0.05, 0) is 19.8 Å². The summed E-state index contributed by atoms with van der Waals surface area (Å²) in [5.41, 5.74) is -0.537. The first kappa shape index (κ1) is 23.7. The van der Waals surface area contributed by atoms with Gasteiger partial charge in [0, 0.05) is 45.3 Å². The Labute approximate surface area is 195 Å². The summed E-state index contributed by atoms with van der Waals surface area (Å²) >= 11 is 0. The van der Waals surface area contributed by atoms with E-state index in [9.17, 15) is 14.4 Å². The third-order valence-corrected chi connectivity index (χ3v) is 7.23. The first-order valence-corrected chi connectivity index (χ1v) is 12.1. The number of ether oxygens (including phenoxy) is 1. The van der Waals surface area contributed by atoms with Crippen molar-refractivity contribution in [3.63, 3.8) is 0 Å². The second-order valence-electron chi connectivity index (χ2n) is 9.58. The zero-order valence-corrected chi connectivity index (χ0v) is 19.8. The lowest BCUT2D eigenvalue weighted by atomic mass is 9.95. The smallest absolute Gasteiger partial charge is 0.272 e. The molecule has 1 aromatic heterocycles. The number of hydrogen-bond donors (Lipinski definition) is 2. The quantitative estimate of drug-likeness (QED) is 0.603. The molecule has 1 saturated carbocycles. The van der Waals surface area contributed by atoms with Gasteiger partial charge < -0.3 is 20.3 Å². The second-order valence-corrected chi connectivity index (χ2v) is 9.58. The third-order valence-electron chi connectivity index (χ3n) is 7.23. The molecule has 0 aromatic carbocycles. The molecule has 0 bridgehead atoms. The summed E-state index contributed by atoms with van der Waals surface area (Å²) < 4.78 is 6.84. The predicted molar refractivity (Wildman–Crippen MR) is 122 cm³/mol. The summed E-state index contributed by atoms with van der Waals surface area (Å²) in [6.45, 7) is 6.36. The lowest BCUT2D eigenvalue weighted by Crippen LogP contribution is -2.63. The Hall–Kier alpha value is -2.46. The molecule has 182 valence electrons. The Morgan fingerprint density at radius 1 is 1.18 bits per heavy atom. The average Bonchev–Trinajstić information content (AvgIpc) is 3.06. The highest BCUT2D eigenvalue weighted by Gasteiger charge is 2.46. The Morgan fingerprint density at radius 2 is 1.88 bits per heavy atom. The summed E-state index contributed by atoms with van der Waals surface area (Å²) in [6, 6.07) is 1.67. The van der Waals surface area contributed by atoms with Crippen LogP contribution in [0.25, 0.3) is 0 Å². The molecule has 33 heavy (non-hydrogen) atoms. The van der Waals surface area contributed by atoms with Crippen LogP contribution in [-0.4, -0.2) is 95.3 Å². The molecule has 1 aromatic rings. The van der Waals surface area contributed by atoms with Crippen molar-refractivity contribution >= 4 is 17.7 Å². The number of rotatable bonds is 6. The topological polar surface area (TPSA) is 109 Å². The van der Waals surface area contributed by atoms with Crippen LogP contribution < -0.4 is 10.6 Å². The molecule has 0 unspecified atom stereocenters. The van der Waals surface area contributed by atoms with Gasteiger partial charge in [0.1, 0.15) is 11.2 Å². The fraction of sp³-hybridized carbons (Fsp3) is 0.739. The maximum Gasteiger partial charge on any atom is 0.272 e. The van der Waals surface area contributed by atoms with E-state index in [-0.39, 0.29) is 36.0 Å². The maximum absolute atomic E-state index is 13.3. The number of amides is 3. The van der Waals surface area contributed by atoms with Gasteiger partial charge in [-0.25, -0.2) is 0 Å². The number of likely N-dealkylation sites (N-methyl/N-ethyl adjacent to an activating group) is 1. The summed E-state index contributed by atoms with van der Waals surface area (Å²) in [6.07, 6.45) is 6.59. The molecule has 10 nitrogen and oxygen atoms in total. The first-order chi connectivity index (χ1) is 15.9. The van der Waals surface area contributed by atoms with Gasteiger partial charge in [-0.3, -0.25) is 24.0 Å². The van der Waals surface area contributed by atoms with Crippen molar-refractivity contribution in [1.29, 1.82) is 0 Å². The van der Waals surface area contributed by atoms with Crippen molar-refractivity contribution in [1.82, 2.24) is 30.2 Å². The molecule has 10 heteroatoms. The van der Waals surface area contributed by atoms with Crippen molar-refractivity contribution < 1.29 is 19.1 Å². The summed E-state index contributed by atoms with van der Waals surface area (Å²) in [5, 5.41) is 10.4. The van der Waals surface area contributed by atoms with Gasteiger partial charge in [0.05, 0.1) is 19.8 Å². The van der Waals surface area contributed by atoms with Crippen LogP contribution in [0.15, 0.2) is 6.07 Å². The number of morpholine rings is 1. The van der Waals surface area contributed by atoms with E-state index in [0.717, 1.165) is 45.3 Å². The summed E-state index contributed by atoms with van der Waals surface area (Å²) in [5.74, 6) is -0.784. The highest BCUT2D eigenvalue weighted by atomic mass is 16.5. The lowest BCUT2D eigenvalue weighted by molar-refractivity contribution is -0.133. The Kier molecular flexibility index (Phi) is 7.33. The van der Waals surface area contributed by atoms with E-state index in [1.807, 2.05) is 0 Å². The molecule has 2 N–H and O–H groups in total. The van der Waals surface area contributed by atoms with Gasteiger partial charge in [-0.2, -0.15) is 5.10 Å². The SMILES string of the molecule is CN1C(=O)c2cc(C(=O)NCCN3CCOCC3)nn2C[C@@]1(C)C(=O)NC1CCCCCC1. The molecule has 0 spiro atoms. The van der Waals surface area contributed by atoms with E-state index in [2.05, 4.69) is 20.6 Å². The van der Waals surface area contributed by atoms with Crippen LogP contribution in [0.4, 0.5) is 0 Å². The fourth-order valence-electron chi connectivity index (χ4n) is 4.85. The van der Waals surface area contributed by atoms with E-state index in [0.29, 0.717) is 25.5 Å². The monoisotopic (exact) mass is 460 g/mol. The highest BCUT2D eigenvalue weighted by Crippen LogP contribution is 2.27. The van der Waals surface area contributed by atoms with E-state index < -0.39 is 5.54 Å². The van der Waals surface area contributed by atoms with Crippen LogP contribution >= 0.6 is 0 Å². The van der Waals surface area contributed by atoms with Gasteiger partial charge in [-0.15, -0.1) is 0 Å². The molecule has 3 heterocycles. The summed E-state index contributed by atoms with van der Waals surface area (Å²) in [7, 11) is 1.65. The Bertz CT molecular complexity index is 872. The number of carbonyl (C=O) groups is 3. The Morgan fingerprint density at radius 3 is 2.58 bits per heavy atom. The van der Waals surface area contributed by atoms with E-state index >= 15 is 0 Å². The first-order valence-electron chi connectivity index (χ1n) is 12.1. The number of hydrogen-bond acceptors (Lipinski definition) is 6. The maximum atomic E-state index is 13.3. The molecular formula is C23H36N6O4. The minimum atomic E-state index is -1.06. The number of aromatic nitrogens is 2. The predicted octanol–water partition coefficient (Wildman–Crippen LogP) is 0.628. The molecule has 1 atom stereocenters. The van der Waals surface area contributed by atoms with Crippen molar-refractivity contribution in [3.05, 3.63) is 17.5 Å². The average molecular weight is 461 g/mol. The van der Waals surface area contributed by atoms with Crippen LogP contribution in [0, 0.1) is 0 Å². The van der Waals surface area contributed by atoms with Gasteiger partial charge >= 0.3 is 0 Å². The van der Waals surface area contributed by atoms with Gasteiger partial charge in [0.15, 0.2) is 5.69 Å². The molecular weight excluding hydrogens is 424 g/mol. The lowest BCUT2D eigenvalue weighted by Gasteiger charge is -2.41. The number of carbonyl (C=O) groups excluding carboxylic acids is 3. The Balaban J connectivity index is 1.40. The van der Waals surface area contributed by atoms with Crippen LogP contribution in [-0.2, 0) is 16.1 Å². The van der Waals surface area contributed by atoms with E-state index in [1.165, 1.54) is 28.5 Å². The van der Waals surface area contributed by atoms with Crippen molar-refractivity contribution in [2.75, 3.05) is 46.4 Å². The van der Waals surface area contributed by atoms with Crippen LogP contribution in [0.1, 0.15) is 66.4 Å². The van der Waals surface area contributed by atoms with E-state index in [1.54, 1.807) is 14.0 Å². The molecule has 2 aliphatic heterocycles. The number of nitrogens with one attached hydrogen (secondary N) is 2. The second kappa shape index (κ2) is 10.2. The zero-order chi connectivity index (χ0) is 23.4. The van der Waals surface area contributed by atoms with Gasteiger partial charge in [0.25, 0.3) is 11.8 Å². The van der Waals surface area contributed by atoms with Crippen LogP contribution in [0.3, 0.4) is 0 Å². The summed E-state index contributed by atoms with van der Waals surface area (Å²) in [4.78, 5) is 42.7. The van der Waals surface area contributed by atoms with Crippen molar-refractivity contribution in [2.45, 2.75) is 63.6 Å². The minimum Gasteiger partial charge on any atom is -0.379 e. The van der Waals surface area contributed by atoms with E-state index in [4.69, 9.17) is 4.74 Å². The largest absolute Gasteiger partial charge is 0.379 e. The standard InChI is InChI=1S/C23H36N6O4/c1-23(22(32)25-17-7-5-3-4-6-8-17)16-29-19(21(31)27(23)2)15-18(26-29)20(30)24-9-10-28-11-13-33-14-12-28/h15,17H,3-14,16H2,1-2H3,(H,24,30)(H,25,32)/t23-/m0/s1. The molecule has 1 aliphatic carbocycles. The number of fused-ring (bicyclic) bond motifs is 1. The zero-order valence-electron chi connectivity index (χ0n) is 19.8. The molecule has 0 radical (unpaired) electrons. The normalized spacial score (nSPS) is 24.8. The number of nitrogens with zero attached hydrogens (tertiary/aromatic N) is 4. The molecule has 3 aliphatic rings. The van der Waals surface area contributed by atoms with Crippen molar-refractivity contribution in [2.24, 2.45) is 0 Å². The molecule has 3 amide bonds. The van der Waals surface area contributed by atoms with Crippen LogP contribution in [0.5, 0.6) is 0 Å². The highest BCUT2D eigenvalue weighted by molar-refractivity contribution is 6.01. The van der Waals surface area contributed by atoms with Gasteiger partial charge in [-0.1, -0.05) is 25.7 Å². The van der Waals surface area contributed by atoms with Crippen molar-refractivity contribution in [3.8, 4) is 0 Å². The van der Waals surface area contributed by atoms with Crippen LogP contribution in [0.2, 0.25) is 0 Å². The molecule has 1 saturated heterocycles. The molecule has 4 rings (SSSR count). The molecule has 2 fully saturated rings.